The highest BCUT2D eigenvalue weighted by atomic mass is 32.2. The minimum atomic E-state index is -0.921. The number of primary amides is 1. The van der Waals surface area contributed by atoms with E-state index in [0.717, 1.165) is 4.90 Å². The number of hydrogen-bond acceptors (Lipinski definition) is 4. The van der Waals surface area contributed by atoms with E-state index >= 15 is 0 Å². The van der Waals surface area contributed by atoms with Crippen LogP contribution in [0.2, 0.25) is 0 Å². The Morgan fingerprint density at radius 3 is 2.50 bits per heavy atom. The number of carbonyl (C=O) groups excluding carboxylic acids is 2. The van der Waals surface area contributed by atoms with E-state index in [0.29, 0.717) is 24.3 Å². The average molecular weight is 322 g/mol. The predicted octanol–water partition coefficient (Wildman–Crippen LogP) is 1.70. The molecule has 1 aliphatic rings. The van der Waals surface area contributed by atoms with Gasteiger partial charge in [-0.15, -0.1) is 11.8 Å². The zero-order valence-electron chi connectivity index (χ0n) is 12.0. The summed E-state index contributed by atoms with van der Waals surface area (Å²) in [7, 11) is 0. The Morgan fingerprint density at radius 2 is 1.91 bits per heavy atom. The van der Waals surface area contributed by atoms with Crippen molar-refractivity contribution in [3.8, 4) is 0 Å². The standard InChI is InChI=1S/C15H18N2O4S/c16-13(18)7-8-22-12-4-2-1-3-11(12)17-14(19)9-5-6-10(9)15(20)21/h1-4,9-10H,5-8H2,(H2,16,18)(H,17,19)(H,20,21). The highest BCUT2D eigenvalue weighted by molar-refractivity contribution is 7.99. The lowest BCUT2D eigenvalue weighted by Gasteiger charge is -2.32. The number of hydrogen-bond donors (Lipinski definition) is 3. The predicted molar refractivity (Wildman–Crippen MR) is 83.5 cm³/mol. The molecule has 0 heterocycles. The Labute approximate surface area is 132 Å². The van der Waals surface area contributed by atoms with Gasteiger partial charge in [0.2, 0.25) is 11.8 Å². The fourth-order valence-corrected chi connectivity index (χ4v) is 3.26. The zero-order valence-corrected chi connectivity index (χ0v) is 12.8. The monoisotopic (exact) mass is 322 g/mol. The molecule has 2 rings (SSSR count). The lowest BCUT2D eigenvalue weighted by atomic mass is 9.73. The number of carboxylic acid groups (broad SMARTS) is 1. The largest absolute Gasteiger partial charge is 0.481 e. The molecular weight excluding hydrogens is 304 g/mol. The molecule has 22 heavy (non-hydrogen) atoms. The van der Waals surface area contributed by atoms with Crippen molar-refractivity contribution in [1.82, 2.24) is 0 Å². The lowest BCUT2D eigenvalue weighted by Crippen LogP contribution is -2.41. The smallest absolute Gasteiger partial charge is 0.307 e. The van der Waals surface area contributed by atoms with E-state index in [1.807, 2.05) is 12.1 Å². The van der Waals surface area contributed by atoms with Gasteiger partial charge >= 0.3 is 5.97 Å². The molecule has 1 saturated carbocycles. The third-order valence-corrected chi connectivity index (χ3v) is 4.75. The van der Waals surface area contributed by atoms with Crippen LogP contribution in [0.5, 0.6) is 0 Å². The number of carboxylic acids is 1. The molecule has 0 bridgehead atoms. The third-order valence-electron chi connectivity index (χ3n) is 3.68. The summed E-state index contributed by atoms with van der Waals surface area (Å²) in [5.41, 5.74) is 5.74. The summed E-state index contributed by atoms with van der Waals surface area (Å²) < 4.78 is 0. The summed E-state index contributed by atoms with van der Waals surface area (Å²) in [5, 5.41) is 11.8. The third kappa shape index (κ3) is 4.00. The van der Waals surface area contributed by atoms with E-state index in [1.54, 1.807) is 12.1 Å². The SMILES string of the molecule is NC(=O)CCSc1ccccc1NC(=O)C1CCC1C(=O)O. The Hall–Kier alpha value is -2.02. The van der Waals surface area contributed by atoms with Crippen molar-refractivity contribution in [2.75, 3.05) is 11.1 Å². The molecule has 0 spiro atoms. The minimum absolute atomic E-state index is 0.261. The van der Waals surface area contributed by atoms with Crippen LogP contribution in [0.1, 0.15) is 19.3 Å². The number of amides is 2. The summed E-state index contributed by atoms with van der Waals surface area (Å²) >= 11 is 1.43. The maximum atomic E-state index is 12.2. The first kappa shape index (κ1) is 16.4. The Bertz CT molecular complexity index is 591. The molecule has 0 aliphatic heterocycles. The number of thioether (sulfide) groups is 1. The van der Waals surface area contributed by atoms with Crippen LogP contribution in [0, 0.1) is 11.8 Å². The number of benzene rings is 1. The number of rotatable bonds is 7. The van der Waals surface area contributed by atoms with Crippen molar-refractivity contribution in [2.24, 2.45) is 17.6 Å². The van der Waals surface area contributed by atoms with Gasteiger partial charge in [0, 0.05) is 17.1 Å². The first-order chi connectivity index (χ1) is 10.5. The van der Waals surface area contributed by atoms with Gasteiger partial charge in [-0.1, -0.05) is 12.1 Å². The number of carbonyl (C=O) groups is 3. The fraction of sp³-hybridized carbons (Fsp3) is 0.400. The van der Waals surface area contributed by atoms with Gasteiger partial charge in [-0.2, -0.15) is 0 Å². The van der Waals surface area contributed by atoms with Crippen LogP contribution in [-0.2, 0) is 14.4 Å². The number of aliphatic carboxylic acids is 1. The average Bonchev–Trinajstić information content (AvgIpc) is 2.38. The highest BCUT2D eigenvalue weighted by Gasteiger charge is 2.41. The van der Waals surface area contributed by atoms with E-state index in [9.17, 15) is 14.4 Å². The van der Waals surface area contributed by atoms with Gasteiger partial charge in [0.05, 0.1) is 17.5 Å². The van der Waals surface area contributed by atoms with E-state index in [4.69, 9.17) is 10.8 Å². The van der Waals surface area contributed by atoms with Crippen molar-refractivity contribution in [1.29, 1.82) is 0 Å². The van der Waals surface area contributed by atoms with Gasteiger partial charge in [0.25, 0.3) is 0 Å². The first-order valence-electron chi connectivity index (χ1n) is 7.03. The summed E-state index contributed by atoms with van der Waals surface area (Å²) in [5.74, 6) is -2.08. The molecule has 0 radical (unpaired) electrons. The van der Waals surface area contributed by atoms with Gasteiger partial charge in [0.1, 0.15) is 0 Å². The second-order valence-electron chi connectivity index (χ2n) is 5.18. The van der Waals surface area contributed by atoms with Gasteiger partial charge in [-0.25, -0.2) is 0 Å². The zero-order chi connectivity index (χ0) is 16.1. The van der Waals surface area contributed by atoms with Gasteiger partial charge in [0.15, 0.2) is 0 Å². The maximum Gasteiger partial charge on any atom is 0.307 e. The Balaban J connectivity index is 1.98. The molecule has 2 atom stereocenters. The van der Waals surface area contributed by atoms with E-state index in [-0.39, 0.29) is 18.2 Å². The molecule has 1 aliphatic carbocycles. The lowest BCUT2D eigenvalue weighted by molar-refractivity contribution is -0.151. The molecule has 0 aromatic heterocycles. The van der Waals surface area contributed by atoms with Crippen LogP contribution in [0.4, 0.5) is 5.69 Å². The van der Waals surface area contributed by atoms with Crippen LogP contribution in [0.25, 0.3) is 0 Å². The molecule has 2 unspecified atom stereocenters. The summed E-state index contributed by atoms with van der Waals surface area (Å²) in [6, 6.07) is 7.24. The Kier molecular flexibility index (Phi) is 5.43. The first-order valence-corrected chi connectivity index (χ1v) is 8.01. The van der Waals surface area contributed by atoms with Crippen LogP contribution in [0.3, 0.4) is 0 Å². The molecule has 7 heteroatoms. The molecule has 2 amide bonds. The van der Waals surface area contributed by atoms with Gasteiger partial charge in [-0.05, 0) is 25.0 Å². The molecule has 0 saturated heterocycles. The second kappa shape index (κ2) is 7.31. The summed E-state index contributed by atoms with van der Waals surface area (Å²) in [6.45, 7) is 0. The molecule has 1 aromatic rings. The molecule has 4 N–H and O–H groups in total. The van der Waals surface area contributed by atoms with Crippen molar-refractivity contribution in [3.05, 3.63) is 24.3 Å². The Morgan fingerprint density at radius 1 is 1.23 bits per heavy atom. The van der Waals surface area contributed by atoms with Crippen LogP contribution in [0.15, 0.2) is 29.2 Å². The van der Waals surface area contributed by atoms with Crippen molar-refractivity contribution >= 4 is 35.2 Å². The van der Waals surface area contributed by atoms with Crippen molar-refractivity contribution < 1.29 is 19.5 Å². The van der Waals surface area contributed by atoms with E-state index < -0.39 is 17.8 Å². The molecule has 1 aromatic carbocycles. The van der Waals surface area contributed by atoms with E-state index in [1.165, 1.54) is 11.8 Å². The number of para-hydroxylation sites is 1. The fourth-order valence-electron chi connectivity index (χ4n) is 2.29. The van der Waals surface area contributed by atoms with Crippen molar-refractivity contribution in [2.45, 2.75) is 24.2 Å². The van der Waals surface area contributed by atoms with Crippen LogP contribution >= 0.6 is 11.8 Å². The highest BCUT2D eigenvalue weighted by Crippen LogP contribution is 2.36. The summed E-state index contributed by atoms with van der Waals surface area (Å²) in [6.07, 6.45) is 1.40. The topological polar surface area (TPSA) is 109 Å². The minimum Gasteiger partial charge on any atom is -0.481 e. The van der Waals surface area contributed by atoms with E-state index in [2.05, 4.69) is 5.32 Å². The quantitative estimate of drug-likeness (QED) is 0.662. The van der Waals surface area contributed by atoms with Crippen LogP contribution in [-0.4, -0.2) is 28.6 Å². The van der Waals surface area contributed by atoms with Crippen LogP contribution < -0.4 is 11.1 Å². The number of nitrogens with two attached hydrogens (primary N) is 1. The molecule has 6 nitrogen and oxygen atoms in total. The normalized spacial score (nSPS) is 20.0. The van der Waals surface area contributed by atoms with Crippen molar-refractivity contribution in [3.63, 3.8) is 0 Å². The number of anilines is 1. The summed E-state index contributed by atoms with van der Waals surface area (Å²) in [4.78, 5) is 34.8. The maximum absolute atomic E-state index is 12.2. The van der Waals surface area contributed by atoms with Gasteiger partial charge < -0.3 is 16.2 Å². The molecule has 1 fully saturated rings. The molecule has 118 valence electrons. The number of nitrogens with one attached hydrogen (secondary N) is 1. The molecular formula is C15H18N2O4S. The second-order valence-corrected chi connectivity index (χ2v) is 6.32. The van der Waals surface area contributed by atoms with Gasteiger partial charge in [-0.3, -0.25) is 14.4 Å².